The molecule has 0 radical (unpaired) electrons. The van der Waals surface area contributed by atoms with Gasteiger partial charge in [0.15, 0.2) is 0 Å². The van der Waals surface area contributed by atoms with Crippen molar-refractivity contribution >= 4 is 28.4 Å². The number of anilines is 1. The molecule has 0 atom stereocenters. The second kappa shape index (κ2) is 8.41. The molecule has 1 aromatic heterocycles. The molecule has 0 bridgehead atoms. The summed E-state index contributed by atoms with van der Waals surface area (Å²) in [5.74, 6) is -1.22. The zero-order valence-electron chi connectivity index (χ0n) is 14.3. The normalized spacial score (nSPS) is 10.9. The number of nitrogens with zero attached hydrogens (tertiary/aromatic N) is 2. The molecule has 1 heterocycles. The van der Waals surface area contributed by atoms with E-state index in [1.54, 1.807) is 24.4 Å². The van der Waals surface area contributed by atoms with Crippen molar-refractivity contribution in [1.82, 2.24) is 10.3 Å². The van der Waals surface area contributed by atoms with Crippen LogP contribution in [0.25, 0.3) is 10.9 Å². The van der Waals surface area contributed by atoms with Crippen molar-refractivity contribution in [3.8, 4) is 6.07 Å². The Morgan fingerprint density at radius 1 is 1.07 bits per heavy atom. The number of amides is 2. The lowest BCUT2D eigenvalue weighted by molar-refractivity contribution is -0.127. The molecule has 0 aliphatic rings. The minimum Gasteiger partial charge on any atom is -0.359 e. The maximum atomic E-state index is 12.1. The Labute approximate surface area is 156 Å². The van der Waals surface area contributed by atoms with Crippen LogP contribution in [0.3, 0.4) is 0 Å². The minimum absolute atomic E-state index is 0.0628. The second-order valence-corrected chi connectivity index (χ2v) is 5.77. The van der Waals surface area contributed by atoms with Crippen LogP contribution in [0.4, 0.5) is 5.69 Å². The summed E-state index contributed by atoms with van der Waals surface area (Å²) < 4.78 is 0. The van der Waals surface area contributed by atoms with E-state index in [0.717, 1.165) is 16.5 Å². The minimum atomic E-state index is -0.750. The van der Waals surface area contributed by atoms with E-state index >= 15 is 0 Å². The van der Waals surface area contributed by atoms with Crippen LogP contribution in [-0.4, -0.2) is 16.8 Å². The fraction of sp³-hybridized carbons (Fsp3) is 0.0476. The van der Waals surface area contributed by atoms with E-state index in [0.29, 0.717) is 5.69 Å². The number of aromatic nitrogens is 1. The first-order chi connectivity index (χ1) is 13.2. The summed E-state index contributed by atoms with van der Waals surface area (Å²) in [5.41, 5.74) is 2.05. The number of hydrogen-bond acceptors (Lipinski definition) is 5. The molecule has 3 rings (SSSR count). The molecule has 3 aromatic rings. The van der Waals surface area contributed by atoms with Gasteiger partial charge in [-0.1, -0.05) is 48.5 Å². The predicted molar refractivity (Wildman–Crippen MR) is 102 cm³/mol. The quantitative estimate of drug-likeness (QED) is 0.541. The third kappa shape index (κ3) is 4.77. The highest BCUT2D eigenvalue weighted by atomic mass is 16.2. The Morgan fingerprint density at radius 2 is 1.81 bits per heavy atom. The van der Waals surface area contributed by atoms with Gasteiger partial charge >= 0.3 is 0 Å². The molecular weight excluding hydrogens is 340 g/mol. The van der Waals surface area contributed by atoms with Crippen molar-refractivity contribution in [3.05, 3.63) is 84.2 Å². The van der Waals surface area contributed by atoms with E-state index < -0.39 is 11.8 Å². The van der Waals surface area contributed by atoms with Crippen LogP contribution in [-0.2, 0) is 16.0 Å². The van der Waals surface area contributed by atoms with Crippen molar-refractivity contribution < 1.29 is 9.59 Å². The molecule has 27 heavy (non-hydrogen) atoms. The fourth-order valence-electron chi connectivity index (χ4n) is 2.47. The Kier molecular flexibility index (Phi) is 5.55. The molecule has 2 N–H and O–H groups in total. The number of rotatable bonds is 5. The lowest BCUT2D eigenvalue weighted by Crippen LogP contribution is -2.32. The van der Waals surface area contributed by atoms with Crippen molar-refractivity contribution in [2.45, 2.75) is 6.42 Å². The molecule has 132 valence electrons. The molecule has 0 fully saturated rings. The fourth-order valence-corrected chi connectivity index (χ4v) is 2.47. The van der Waals surface area contributed by atoms with Crippen molar-refractivity contribution in [1.29, 1.82) is 5.26 Å². The lowest BCUT2D eigenvalue weighted by Gasteiger charge is -2.05. The molecule has 6 nitrogen and oxygen atoms in total. The Hall–Kier alpha value is -3.98. The number of nitriles is 1. The van der Waals surface area contributed by atoms with E-state index in [1.807, 2.05) is 48.5 Å². The Balaban J connectivity index is 1.65. The van der Waals surface area contributed by atoms with Crippen LogP contribution in [0.2, 0.25) is 0 Å². The number of imide groups is 1. The third-order valence-electron chi connectivity index (χ3n) is 3.80. The Morgan fingerprint density at radius 3 is 2.59 bits per heavy atom. The molecule has 6 heteroatoms. The summed E-state index contributed by atoms with van der Waals surface area (Å²) in [4.78, 5) is 28.4. The first kappa shape index (κ1) is 17.8. The van der Waals surface area contributed by atoms with Gasteiger partial charge in [0.25, 0.3) is 5.91 Å². The lowest BCUT2D eigenvalue weighted by atomic mass is 10.1. The average Bonchev–Trinajstić information content (AvgIpc) is 2.69. The number of carbonyl (C=O) groups is 2. The van der Waals surface area contributed by atoms with Crippen LogP contribution in [0.15, 0.2) is 78.6 Å². The van der Waals surface area contributed by atoms with E-state index in [-0.39, 0.29) is 12.0 Å². The smallest absolute Gasteiger partial charge is 0.270 e. The molecule has 2 aromatic carbocycles. The number of benzene rings is 2. The van der Waals surface area contributed by atoms with Crippen LogP contribution in [0.5, 0.6) is 0 Å². The molecule has 0 aliphatic heterocycles. The average molecular weight is 356 g/mol. The van der Waals surface area contributed by atoms with Gasteiger partial charge in [-0.05, 0) is 17.7 Å². The molecule has 0 unspecified atom stereocenters. The topological polar surface area (TPSA) is 94.9 Å². The maximum absolute atomic E-state index is 12.1. The molecular formula is C21H16N4O2. The molecule has 2 amide bonds. The highest BCUT2D eigenvalue weighted by Gasteiger charge is 2.13. The zero-order chi connectivity index (χ0) is 19.1. The summed E-state index contributed by atoms with van der Waals surface area (Å²) in [7, 11) is 0. The van der Waals surface area contributed by atoms with Crippen LogP contribution < -0.4 is 10.6 Å². The monoisotopic (exact) mass is 356 g/mol. The largest absolute Gasteiger partial charge is 0.359 e. The van der Waals surface area contributed by atoms with Gasteiger partial charge in [-0.2, -0.15) is 5.26 Å². The van der Waals surface area contributed by atoms with Crippen LogP contribution >= 0.6 is 0 Å². The van der Waals surface area contributed by atoms with E-state index in [9.17, 15) is 14.9 Å². The summed E-state index contributed by atoms with van der Waals surface area (Å²) in [5, 5.41) is 15.2. The number of pyridine rings is 1. The summed E-state index contributed by atoms with van der Waals surface area (Å²) in [6.07, 6.45) is 2.93. The SMILES string of the molecule is N#C/C(=C\Nc1cnc2ccccc2c1)C(=O)NC(=O)Cc1ccccc1. The van der Waals surface area contributed by atoms with Crippen molar-refractivity contribution in [2.24, 2.45) is 0 Å². The first-order valence-electron chi connectivity index (χ1n) is 8.25. The number of carbonyl (C=O) groups excluding carboxylic acids is 2. The summed E-state index contributed by atoms with van der Waals surface area (Å²) in [6, 6.07) is 20.3. The van der Waals surface area contributed by atoms with Crippen LogP contribution in [0, 0.1) is 11.3 Å². The number of fused-ring (bicyclic) bond motifs is 1. The molecule has 0 aliphatic carbocycles. The first-order valence-corrected chi connectivity index (χ1v) is 8.25. The Bertz CT molecular complexity index is 1050. The highest BCUT2D eigenvalue weighted by molar-refractivity contribution is 6.07. The number of hydrogen-bond donors (Lipinski definition) is 2. The standard InChI is InChI=1S/C21H16N4O2/c22-12-17(21(27)25-20(26)10-15-6-2-1-3-7-15)13-23-18-11-16-8-4-5-9-19(16)24-14-18/h1-9,11,13-14,23H,10H2,(H,25,26,27)/b17-13+. The number of nitrogens with one attached hydrogen (secondary N) is 2. The zero-order valence-corrected chi connectivity index (χ0v) is 14.3. The van der Waals surface area contributed by atoms with Gasteiger partial charge in [-0.15, -0.1) is 0 Å². The van der Waals surface area contributed by atoms with Crippen molar-refractivity contribution in [3.63, 3.8) is 0 Å². The van der Waals surface area contributed by atoms with Gasteiger partial charge < -0.3 is 5.32 Å². The molecule has 0 spiro atoms. The van der Waals surface area contributed by atoms with Crippen molar-refractivity contribution in [2.75, 3.05) is 5.32 Å². The molecule has 0 saturated carbocycles. The summed E-state index contributed by atoms with van der Waals surface area (Å²) in [6.45, 7) is 0. The van der Waals surface area contributed by atoms with Gasteiger partial charge in [0.2, 0.25) is 5.91 Å². The third-order valence-corrected chi connectivity index (χ3v) is 3.80. The van der Waals surface area contributed by atoms with E-state index in [2.05, 4.69) is 15.6 Å². The van der Waals surface area contributed by atoms with Gasteiger partial charge in [0.05, 0.1) is 23.8 Å². The summed E-state index contributed by atoms with van der Waals surface area (Å²) >= 11 is 0. The van der Waals surface area contributed by atoms with Gasteiger partial charge in [-0.25, -0.2) is 0 Å². The van der Waals surface area contributed by atoms with Gasteiger partial charge in [0, 0.05) is 11.6 Å². The highest BCUT2D eigenvalue weighted by Crippen LogP contribution is 2.16. The van der Waals surface area contributed by atoms with Crippen LogP contribution in [0.1, 0.15) is 5.56 Å². The number of para-hydroxylation sites is 1. The van der Waals surface area contributed by atoms with E-state index in [1.165, 1.54) is 6.20 Å². The van der Waals surface area contributed by atoms with E-state index in [4.69, 9.17) is 0 Å². The van der Waals surface area contributed by atoms with Gasteiger partial charge in [0.1, 0.15) is 11.6 Å². The van der Waals surface area contributed by atoms with Gasteiger partial charge in [-0.3, -0.25) is 19.9 Å². The second-order valence-electron chi connectivity index (χ2n) is 5.77. The maximum Gasteiger partial charge on any atom is 0.270 e. The molecule has 0 saturated heterocycles. The predicted octanol–water partition coefficient (Wildman–Crippen LogP) is 2.94.